The molecule has 0 N–H and O–H groups in total. The largest absolute Gasteiger partial charge is 0.448 e. The Morgan fingerprint density at radius 1 is 1.29 bits per heavy atom. The Balaban J connectivity index is 1.49. The van der Waals surface area contributed by atoms with Crippen LogP contribution < -0.4 is 4.90 Å². The van der Waals surface area contributed by atoms with Gasteiger partial charge < -0.3 is 19.0 Å². The van der Waals surface area contributed by atoms with Crippen LogP contribution in [-0.2, 0) is 9.53 Å². The Hall–Kier alpha value is -2.74. The summed E-state index contributed by atoms with van der Waals surface area (Å²) in [6.45, 7) is 3.08. The number of halogens is 1. The van der Waals surface area contributed by atoms with Gasteiger partial charge in [0.15, 0.2) is 11.6 Å². The minimum absolute atomic E-state index is 0.0487. The molecule has 1 aromatic carbocycles. The predicted octanol–water partition coefficient (Wildman–Crippen LogP) is 2.55. The summed E-state index contributed by atoms with van der Waals surface area (Å²) in [5.74, 6) is -0.282. The molecule has 8 heteroatoms. The Morgan fingerprint density at radius 3 is 2.89 bits per heavy atom. The number of aromatic nitrogens is 1. The summed E-state index contributed by atoms with van der Waals surface area (Å²) >= 11 is 0. The molecule has 7 nitrogen and oxygen atoms in total. The number of benzene rings is 1. The molecular weight excluding hydrogens is 365 g/mol. The second-order valence-electron chi connectivity index (χ2n) is 7.33. The highest BCUT2D eigenvalue weighted by Gasteiger charge is 2.42. The maximum Gasteiger partial charge on any atom is 0.275 e. The molecule has 2 aliphatic rings. The molecule has 3 heterocycles. The van der Waals surface area contributed by atoms with Crippen LogP contribution in [0.3, 0.4) is 0 Å². The molecule has 1 aromatic heterocycles. The molecule has 1 unspecified atom stereocenters. The average molecular weight is 387 g/mol. The van der Waals surface area contributed by atoms with E-state index in [-0.39, 0.29) is 24.2 Å². The number of oxazole rings is 1. The molecule has 0 saturated carbocycles. The lowest BCUT2D eigenvalue weighted by atomic mass is 9.92. The summed E-state index contributed by atoms with van der Waals surface area (Å²) in [6.07, 6.45) is 3.43. The third kappa shape index (κ3) is 3.64. The second-order valence-corrected chi connectivity index (χ2v) is 7.33. The Labute approximate surface area is 162 Å². The number of ether oxygens (including phenoxy) is 1. The fraction of sp³-hybridized carbons (Fsp3) is 0.450. The highest BCUT2D eigenvalue weighted by Crippen LogP contribution is 2.33. The molecular formula is C20H22FN3O4. The number of hydrogen-bond donors (Lipinski definition) is 0. The normalized spacial score (nSPS) is 23.1. The molecule has 2 saturated heterocycles. The van der Waals surface area contributed by atoms with Gasteiger partial charge in [-0.05, 0) is 37.5 Å². The van der Waals surface area contributed by atoms with E-state index >= 15 is 0 Å². The number of hydrogen-bond acceptors (Lipinski definition) is 5. The van der Waals surface area contributed by atoms with E-state index in [2.05, 4.69) is 4.98 Å². The number of morpholine rings is 1. The molecule has 148 valence electrons. The van der Waals surface area contributed by atoms with E-state index in [0.717, 1.165) is 6.42 Å². The molecule has 1 atom stereocenters. The van der Waals surface area contributed by atoms with Crippen LogP contribution in [0.25, 0.3) is 0 Å². The monoisotopic (exact) mass is 387 g/mol. The zero-order valence-corrected chi connectivity index (χ0v) is 15.7. The SMILES string of the molecule is Cc1nc(C(=O)N2CCCC3(CC2)CN(c2cccc(F)c2)C(=O)CO3)co1. The highest BCUT2D eigenvalue weighted by molar-refractivity contribution is 5.95. The zero-order chi connectivity index (χ0) is 19.7. The second kappa shape index (κ2) is 7.35. The van der Waals surface area contributed by atoms with E-state index in [1.54, 1.807) is 28.9 Å². The van der Waals surface area contributed by atoms with Crippen molar-refractivity contribution in [3.63, 3.8) is 0 Å². The van der Waals surface area contributed by atoms with Crippen molar-refractivity contribution in [2.75, 3.05) is 31.1 Å². The summed E-state index contributed by atoms with van der Waals surface area (Å²) < 4.78 is 24.7. The lowest BCUT2D eigenvalue weighted by Gasteiger charge is -2.42. The van der Waals surface area contributed by atoms with Crippen LogP contribution in [0.5, 0.6) is 0 Å². The van der Waals surface area contributed by atoms with Gasteiger partial charge in [0.1, 0.15) is 18.7 Å². The van der Waals surface area contributed by atoms with Gasteiger partial charge in [0.25, 0.3) is 11.8 Å². The Morgan fingerprint density at radius 2 is 2.14 bits per heavy atom. The van der Waals surface area contributed by atoms with E-state index in [0.29, 0.717) is 49.7 Å². The summed E-state index contributed by atoms with van der Waals surface area (Å²) in [5.41, 5.74) is 0.284. The van der Waals surface area contributed by atoms with E-state index in [9.17, 15) is 14.0 Å². The summed E-state index contributed by atoms with van der Waals surface area (Å²) in [5, 5.41) is 0. The van der Waals surface area contributed by atoms with Crippen molar-refractivity contribution in [2.45, 2.75) is 31.8 Å². The summed E-state index contributed by atoms with van der Waals surface area (Å²) in [4.78, 5) is 32.5. The number of nitrogens with zero attached hydrogens (tertiary/aromatic N) is 3. The van der Waals surface area contributed by atoms with Crippen LogP contribution in [0.4, 0.5) is 10.1 Å². The topological polar surface area (TPSA) is 75.9 Å². The third-order valence-corrected chi connectivity index (χ3v) is 5.39. The van der Waals surface area contributed by atoms with Gasteiger partial charge >= 0.3 is 0 Å². The first-order valence-electron chi connectivity index (χ1n) is 9.37. The van der Waals surface area contributed by atoms with E-state index in [1.165, 1.54) is 18.4 Å². The Bertz CT molecular complexity index is 899. The predicted molar refractivity (Wildman–Crippen MR) is 98.4 cm³/mol. The van der Waals surface area contributed by atoms with Crippen molar-refractivity contribution in [1.82, 2.24) is 9.88 Å². The van der Waals surface area contributed by atoms with Gasteiger partial charge in [-0.15, -0.1) is 0 Å². The van der Waals surface area contributed by atoms with Crippen LogP contribution in [0.15, 0.2) is 34.9 Å². The van der Waals surface area contributed by atoms with Crippen LogP contribution in [0.1, 0.15) is 35.6 Å². The first-order valence-corrected chi connectivity index (χ1v) is 9.37. The fourth-order valence-electron chi connectivity index (χ4n) is 3.89. The molecule has 2 amide bonds. The maximum absolute atomic E-state index is 13.6. The van der Waals surface area contributed by atoms with Crippen molar-refractivity contribution < 1.29 is 23.1 Å². The zero-order valence-electron chi connectivity index (χ0n) is 15.7. The number of aryl methyl sites for hydroxylation is 1. The molecule has 0 aliphatic carbocycles. The summed E-state index contributed by atoms with van der Waals surface area (Å²) in [7, 11) is 0. The standard InChI is InChI=1S/C20H22FN3O4/c1-14-22-17(11-27-14)19(26)23-8-3-6-20(7-9-23)13-24(18(25)12-28-20)16-5-2-4-15(21)10-16/h2,4-5,10-11H,3,6-9,12-13H2,1H3. The molecule has 0 bridgehead atoms. The lowest BCUT2D eigenvalue weighted by Crippen LogP contribution is -2.55. The Kier molecular flexibility index (Phi) is 4.89. The van der Waals surface area contributed by atoms with Crippen molar-refractivity contribution >= 4 is 17.5 Å². The number of carbonyl (C=O) groups is 2. The van der Waals surface area contributed by atoms with Crippen LogP contribution in [0, 0.1) is 12.7 Å². The van der Waals surface area contributed by atoms with Crippen LogP contribution in [0.2, 0.25) is 0 Å². The number of likely N-dealkylation sites (tertiary alicyclic amines) is 1. The van der Waals surface area contributed by atoms with Gasteiger partial charge in [0, 0.05) is 25.7 Å². The smallest absolute Gasteiger partial charge is 0.275 e. The molecule has 2 aliphatic heterocycles. The minimum Gasteiger partial charge on any atom is -0.448 e. The van der Waals surface area contributed by atoms with Crippen molar-refractivity contribution in [1.29, 1.82) is 0 Å². The maximum atomic E-state index is 13.6. The van der Waals surface area contributed by atoms with E-state index in [1.807, 2.05) is 0 Å². The number of rotatable bonds is 2. The average Bonchev–Trinajstić information content (AvgIpc) is 3.01. The highest BCUT2D eigenvalue weighted by atomic mass is 19.1. The van der Waals surface area contributed by atoms with Crippen molar-refractivity contribution in [3.8, 4) is 0 Å². The number of carbonyl (C=O) groups excluding carboxylic acids is 2. The van der Waals surface area contributed by atoms with Gasteiger partial charge in [0.05, 0.1) is 12.1 Å². The van der Waals surface area contributed by atoms with Crippen molar-refractivity contribution in [3.05, 3.63) is 47.9 Å². The van der Waals surface area contributed by atoms with Crippen LogP contribution in [-0.4, -0.2) is 53.5 Å². The third-order valence-electron chi connectivity index (χ3n) is 5.39. The summed E-state index contributed by atoms with van der Waals surface area (Å²) in [6, 6.07) is 6.02. The first kappa shape index (κ1) is 18.6. The molecule has 28 heavy (non-hydrogen) atoms. The first-order chi connectivity index (χ1) is 13.5. The van der Waals surface area contributed by atoms with Crippen molar-refractivity contribution in [2.24, 2.45) is 0 Å². The van der Waals surface area contributed by atoms with Gasteiger partial charge in [-0.3, -0.25) is 9.59 Å². The molecule has 0 radical (unpaired) electrons. The number of amides is 2. The molecule has 2 aromatic rings. The van der Waals surface area contributed by atoms with Gasteiger partial charge in [-0.2, -0.15) is 0 Å². The fourth-order valence-corrected chi connectivity index (χ4v) is 3.89. The molecule has 4 rings (SSSR count). The molecule has 1 spiro atoms. The van der Waals surface area contributed by atoms with Crippen LogP contribution >= 0.6 is 0 Å². The minimum atomic E-state index is -0.547. The van der Waals surface area contributed by atoms with E-state index < -0.39 is 5.60 Å². The molecule has 2 fully saturated rings. The number of anilines is 1. The lowest BCUT2D eigenvalue weighted by molar-refractivity contribution is -0.140. The van der Waals surface area contributed by atoms with E-state index in [4.69, 9.17) is 9.15 Å². The van der Waals surface area contributed by atoms with Gasteiger partial charge in [-0.1, -0.05) is 6.07 Å². The van der Waals surface area contributed by atoms with Gasteiger partial charge in [0.2, 0.25) is 0 Å². The van der Waals surface area contributed by atoms with Gasteiger partial charge in [-0.25, -0.2) is 9.37 Å². The quantitative estimate of drug-likeness (QED) is 0.792.